The summed E-state index contributed by atoms with van der Waals surface area (Å²) < 4.78 is 0. The number of unbranched alkanes of at least 4 members (excludes halogenated alkanes) is 14. The Morgan fingerprint density at radius 2 is 1.04 bits per heavy atom. The van der Waals surface area contributed by atoms with Crippen LogP contribution >= 0.6 is 15.9 Å². The van der Waals surface area contributed by atoms with Crippen molar-refractivity contribution in [2.75, 3.05) is 5.33 Å². The number of hydrogen-bond donors (Lipinski definition) is 0. The van der Waals surface area contributed by atoms with E-state index >= 15 is 0 Å². The van der Waals surface area contributed by atoms with Crippen molar-refractivity contribution >= 4 is 15.9 Å². The number of rotatable bonds is 17. The Labute approximate surface area is 158 Å². The smallest absolute Gasteiger partial charge is 0.0586 e. The molecule has 2 nitrogen and oxygen atoms in total. The molecular formula is C21H37BrN2. The fourth-order valence-electron chi connectivity index (χ4n) is 3.16. The second-order valence-corrected chi connectivity index (χ2v) is 7.73. The Morgan fingerprint density at radius 3 is 1.46 bits per heavy atom. The van der Waals surface area contributed by atoms with Gasteiger partial charge in [0.05, 0.1) is 5.69 Å². The fraction of sp³-hybridized carbons (Fsp3) is 0.810. The third-order valence-corrected chi connectivity index (χ3v) is 5.24. The lowest BCUT2D eigenvalue weighted by Crippen LogP contribution is -1.90. The van der Waals surface area contributed by atoms with E-state index in [1.165, 1.54) is 102 Å². The van der Waals surface area contributed by atoms with Gasteiger partial charge < -0.3 is 0 Å². The van der Waals surface area contributed by atoms with Crippen molar-refractivity contribution in [3.8, 4) is 0 Å². The van der Waals surface area contributed by atoms with Gasteiger partial charge in [-0.3, -0.25) is 9.97 Å². The SMILES string of the molecule is BrCCCCCCCCCCCCCCCCCc1cnccn1. The van der Waals surface area contributed by atoms with Gasteiger partial charge in [-0.1, -0.05) is 99.4 Å². The molecule has 138 valence electrons. The van der Waals surface area contributed by atoms with Gasteiger partial charge in [-0.2, -0.15) is 0 Å². The van der Waals surface area contributed by atoms with E-state index in [2.05, 4.69) is 25.9 Å². The van der Waals surface area contributed by atoms with E-state index in [1.54, 1.807) is 12.4 Å². The number of halogens is 1. The zero-order valence-corrected chi connectivity index (χ0v) is 17.1. The highest BCUT2D eigenvalue weighted by Gasteiger charge is 1.96. The Hall–Kier alpha value is -0.440. The maximum Gasteiger partial charge on any atom is 0.0586 e. The lowest BCUT2D eigenvalue weighted by molar-refractivity contribution is 0.532. The van der Waals surface area contributed by atoms with Gasteiger partial charge >= 0.3 is 0 Å². The molecule has 0 aliphatic rings. The summed E-state index contributed by atoms with van der Waals surface area (Å²) in [5.74, 6) is 0. The number of aryl methyl sites for hydroxylation is 1. The van der Waals surface area contributed by atoms with Crippen LogP contribution < -0.4 is 0 Å². The highest BCUT2D eigenvalue weighted by atomic mass is 79.9. The lowest BCUT2D eigenvalue weighted by atomic mass is 10.0. The van der Waals surface area contributed by atoms with Gasteiger partial charge in [-0.25, -0.2) is 0 Å². The van der Waals surface area contributed by atoms with Crippen LogP contribution in [0.3, 0.4) is 0 Å². The van der Waals surface area contributed by atoms with Crippen molar-refractivity contribution < 1.29 is 0 Å². The molecule has 0 saturated heterocycles. The minimum atomic E-state index is 1.09. The van der Waals surface area contributed by atoms with E-state index in [-0.39, 0.29) is 0 Å². The van der Waals surface area contributed by atoms with E-state index in [9.17, 15) is 0 Å². The number of alkyl halides is 1. The quantitative estimate of drug-likeness (QED) is 0.204. The van der Waals surface area contributed by atoms with E-state index < -0.39 is 0 Å². The molecule has 24 heavy (non-hydrogen) atoms. The molecule has 0 fully saturated rings. The van der Waals surface area contributed by atoms with Gasteiger partial charge in [0.1, 0.15) is 0 Å². The normalized spacial score (nSPS) is 11.0. The number of nitrogens with zero attached hydrogens (tertiary/aromatic N) is 2. The van der Waals surface area contributed by atoms with Crippen LogP contribution in [0.4, 0.5) is 0 Å². The van der Waals surface area contributed by atoms with E-state index in [0.29, 0.717) is 0 Å². The number of aromatic nitrogens is 2. The Balaban J connectivity index is 1.70. The van der Waals surface area contributed by atoms with Crippen molar-refractivity contribution in [1.29, 1.82) is 0 Å². The molecule has 0 aliphatic carbocycles. The summed E-state index contributed by atoms with van der Waals surface area (Å²) in [5, 5.41) is 1.18. The van der Waals surface area contributed by atoms with Gasteiger partial charge in [0.2, 0.25) is 0 Å². The molecule has 0 N–H and O–H groups in total. The van der Waals surface area contributed by atoms with Crippen molar-refractivity contribution in [1.82, 2.24) is 9.97 Å². The first-order valence-electron chi connectivity index (χ1n) is 10.2. The zero-order valence-electron chi connectivity index (χ0n) is 15.5. The highest BCUT2D eigenvalue weighted by molar-refractivity contribution is 9.09. The minimum absolute atomic E-state index is 1.09. The summed E-state index contributed by atoms with van der Waals surface area (Å²) in [7, 11) is 0. The standard InChI is InChI=1S/C21H37BrN2/c22-17-15-13-11-9-7-5-3-1-2-4-6-8-10-12-14-16-21-20-23-18-19-24-21/h18-20H,1-17H2. The summed E-state index contributed by atoms with van der Waals surface area (Å²) in [6, 6.07) is 0. The topological polar surface area (TPSA) is 25.8 Å². The Kier molecular flexibility index (Phi) is 15.6. The Bertz CT molecular complexity index is 356. The molecule has 1 rings (SSSR count). The fourth-order valence-corrected chi connectivity index (χ4v) is 3.55. The molecule has 0 spiro atoms. The third kappa shape index (κ3) is 13.9. The molecule has 0 atom stereocenters. The molecule has 0 bridgehead atoms. The van der Waals surface area contributed by atoms with Crippen LogP contribution in [0, 0.1) is 0 Å². The molecule has 0 aromatic carbocycles. The van der Waals surface area contributed by atoms with E-state index in [1.807, 2.05) is 6.20 Å². The van der Waals surface area contributed by atoms with Crippen LogP contribution in [0.15, 0.2) is 18.6 Å². The summed E-state index contributed by atoms with van der Waals surface area (Å²) in [5.41, 5.74) is 1.14. The molecule has 0 unspecified atom stereocenters. The Morgan fingerprint density at radius 1 is 0.583 bits per heavy atom. The summed E-state index contributed by atoms with van der Waals surface area (Å²) in [6.45, 7) is 0. The van der Waals surface area contributed by atoms with Crippen LogP contribution in [0.5, 0.6) is 0 Å². The van der Waals surface area contributed by atoms with Crippen molar-refractivity contribution in [2.24, 2.45) is 0 Å². The van der Waals surface area contributed by atoms with Crippen LogP contribution in [0.2, 0.25) is 0 Å². The van der Waals surface area contributed by atoms with Crippen LogP contribution in [-0.4, -0.2) is 15.3 Å². The summed E-state index contributed by atoms with van der Waals surface area (Å²) in [4.78, 5) is 8.43. The molecule has 1 aromatic heterocycles. The highest BCUT2D eigenvalue weighted by Crippen LogP contribution is 2.14. The predicted octanol–water partition coefficient (Wildman–Crippen LogP) is 7.27. The lowest BCUT2D eigenvalue weighted by Gasteiger charge is -2.03. The zero-order chi connectivity index (χ0) is 17.1. The molecular weight excluding hydrogens is 360 g/mol. The van der Waals surface area contributed by atoms with Gasteiger partial charge in [0, 0.05) is 23.9 Å². The average Bonchev–Trinajstić information content (AvgIpc) is 2.62. The second kappa shape index (κ2) is 17.4. The van der Waals surface area contributed by atoms with Gasteiger partial charge in [0.15, 0.2) is 0 Å². The maximum absolute atomic E-state index is 4.32. The first kappa shape index (κ1) is 21.6. The first-order valence-corrected chi connectivity index (χ1v) is 11.4. The number of hydrogen-bond acceptors (Lipinski definition) is 2. The van der Waals surface area contributed by atoms with Gasteiger partial charge in [0.25, 0.3) is 0 Å². The van der Waals surface area contributed by atoms with Crippen molar-refractivity contribution in [3.63, 3.8) is 0 Å². The summed E-state index contributed by atoms with van der Waals surface area (Å²) >= 11 is 3.50. The second-order valence-electron chi connectivity index (χ2n) is 6.94. The third-order valence-electron chi connectivity index (χ3n) is 4.68. The molecule has 0 amide bonds. The largest absolute Gasteiger partial charge is 0.261 e. The first-order chi connectivity index (χ1) is 11.9. The minimum Gasteiger partial charge on any atom is -0.261 e. The molecule has 1 heterocycles. The van der Waals surface area contributed by atoms with Crippen molar-refractivity contribution in [3.05, 3.63) is 24.3 Å². The van der Waals surface area contributed by atoms with Crippen LogP contribution in [0.1, 0.15) is 102 Å². The average molecular weight is 397 g/mol. The predicted molar refractivity (Wildman–Crippen MR) is 109 cm³/mol. The molecule has 0 aliphatic heterocycles. The van der Waals surface area contributed by atoms with Gasteiger partial charge in [-0.05, 0) is 19.3 Å². The van der Waals surface area contributed by atoms with Crippen LogP contribution in [-0.2, 0) is 6.42 Å². The van der Waals surface area contributed by atoms with Crippen molar-refractivity contribution in [2.45, 2.75) is 103 Å². The van der Waals surface area contributed by atoms with E-state index in [0.717, 1.165) is 12.1 Å². The molecule has 3 heteroatoms. The van der Waals surface area contributed by atoms with Crippen LogP contribution in [0.25, 0.3) is 0 Å². The van der Waals surface area contributed by atoms with Gasteiger partial charge in [-0.15, -0.1) is 0 Å². The van der Waals surface area contributed by atoms with E-state index in [4.69, 9.17) is 0 Å². The molecule has 0 saturated carbocycles. The molecule has 0 radical (unpaired) electrons. The molecule has 1 aromatic rings. The summed E-state index contributed by atoms with van der Waals surface area (Å²) in [6.07, 6.45) is 27.7. The monoisotopic (exact) mass is 396 g/mol. The maximum atomic E-state index is 4.32.